The predicted octanol–water partition coefficient (Wildman–Crippen LogP) is 3.90. The van der Waals surface area contributed by atoms with Gasteiger partial charge in [-0.05, 0) is 62.1 Å². The Labute approximate surface area is 251 Å². The summed E-state index contributed by atoms with van der Waals surface area (Å²) in [7, 11) is 3.66. The Morgan fingerprint density at radius 3 is 2.52 bits per heavy atom. The van der Waals surface area contributed by atoms with Crippen molar-refractivity contribution in [3.05, 3.63) is 39.1 Å². The molecule has 1 aliphatic carbocycles. The molecule has 1 N–H and O–H groups in total. The summed E-state index contributed by atoms with van der Waals surface area (Å²) in [5.41, 5.74) is 4.59. The van der Waals surface area contributed by atoms with Crippen LogP contribution in [0.3, 0.4) is 0 Å². The molecule has 0 atom stereocenters. The number of carbonyl (C=O) groups excluding carboxylic acids is 2. The number of Topliss-reactive ketones (excluding diaryl/α,β-unsaturated/α-hetero) is 1. The zero-order chi connectivity index (χ0) is 29.6. The number of likely N-dealkylation sites (tertiary alicyclic amines) is 2. The van der Waals surface area contributed by atoms with Crippen molar-refractivity contribution in [2.45, 2.75) is 77.2 Å². The molecule has 0 saturated carbocycles. The number of ketones is 1. The first-order chi connectivity index (χ1) is 20.1. The van der Waals surface area contributed by atoms with Crippen molar-refractivity contribution in [3.63, 3.8) is 0 Å². The van der Waals surface area contributed by atoms with Gasteiger partial charge in [-0.3, -0.25) is 14.3 Å². The Bertz CT molecular complexity index is 1480. The van der Waals surface area contributed by atoms with Crippen LogP contribution in [0.4, 0.5) is 5.95 Å². The van der Waals surface area contributed by atoms with Gasteiger partial charge in [0.2, 0.25) is 11.9 Å². The Hall–Kier alpha value is -3.18. The molecule has 2 saturated heterocycles. The zero-order valence-corrected chi connectivity index (χ0v) is 26.3. The standard InChI is InChI=1S/C31H42N8O2S/c1-19-6-10-38(11-7-19)22-8-12-39(13-9-22)25(41)14-21-18-42-24(34-21)15-23(40)28-26-29(37(5)36-28)27-20(16-31(26,2)3)17-33-30(32-4)35-27/h17-19,22H,6-16H2,1-5H3,(H,32,33,35). The third-order valence-electron chi connectivity index (χ3n) is 9.33. The molecule has 224 valence electrons. The fraction of sp³-hybridized carbons (Fsp3) is 0.613. The van der Waals surface area contributed by atoms with Crippen molar-refractivity contribution in [1.29, 1.82) is 0 Å². The Kier molecular flexibility index (Phi) is 7.91. The molecule has 0 spiro atoms. The smallest absolute Gasteiger partial charge is 0.228 e. The van der Waals surface area contributed by atoms with E-state index in [1.165, 1.54) is 37.3 Å². The minimum atomic E-state index is -0.299. The third kappa shape index (κ3) is 5.60. The van der Waals surface area contributed by atoms with Crippen molar-refractivity contribution >= 4 is 29.0 Å². The van der Waals surface area contributed by atoms with Crippen LogP contribution in [0.5, 0.6) is 0 Å². The van der Waals surface area contributed by atoms with Crippen LogP contribution in [-0.4, -0.2) is 85.5 Å². The fourth-order valence-corrected chi connectivity index (χ4v) is 7.72. The number of aryl methyl sites for hydroxylation is 1. The fourth-order valence-electron chi connectivity index (χ4n) is 6.93. The number of anilines is 1. The molecule has 5 heterocycles. The van der Waals surface area contributed by atoms with Crippen LogP contribution in [0.2, 0.25) is 0 Å². The number of carbonyl (C=O) groups is 2. The average Bonchev–Trinajstić information content (AvgIpc) is 3.57. The van der Waals surface area contributed by atoms with E-state index in [-0.39, 0.29) is 29.9 Å². The maximum absolute atomic E-state index is 13.6. The lowest BCUT2D eigenvalue weighted by Crippen LogP contribution is -2.49. The summed E-state index contributed by atoms with van der Waals surface area (Å²) in [6.07, 6.45) is 7.71. The summed E-state index contributed by atoms with van der Waals surface area (Å²) in [5, 5.41) is 10.3. The average molecular weight is 591 g/mol. The highest BCUT2D eigenvalue weighted by Gasteiger charge is 2.40. The van der Waals surface area contributed by atoms with Gasteiger partial charge in [0.15, 0.2) is 5.78 Å². The molecule has 3 aromatic heterocycles. The summed E-state index contributed by atoms with van der Waals surface area (Å²) in [6.45, 7) is 10.6. The second-order valence-electron chi connectivity index (χ2n) is 12.9. The number of nitrogens with zero attached hydrogens (tertiary/aromatic N) is 7. The number of hydrogen-bond acceptors (Lipinski definition) is 9. The van der Waals surface area contributed by atoms with E-state index >= 15 is 0 Å². The van der Waals surface area contributed by atoms with Crippen molar-refractivity contribution in [2.24, 2.45) is 13.0 Å². The van der Waals surface area contributed by atoms with E-state index in [4.69, 9.17) is 15.1 Å². The monoisotopic (exact) mass is 590 g/mol. The molecule has 6 rings (SSSR count). The minimum Gasteiger partial charge on any atom is -0.357 e. The lowest BCUT2D eigenvalue weighted by atomic mass is 9.72. The van der Waals surface area contributed by atoms with Gasteiger partial charge in [0.05, 0.1) is 29.9 Å². The summed E-state index contributed by atoms with van der Waals surface area (Å²) in [5.74, 6) is 1.44. The highest BCUT2D eigenvalue weighted by molar-refractivity contribution is 7.09. The van der Waals surface area contributed by atoms with Gasteiger partial charge >= 0.3 is 0 Å². The lowest BCUT2D eigenvalue weighted by molar-refractivity contribution is -0.132. The molecule has 0 bridgehead atoms. The van der Waals surface area contributed by atoms with Crippen LogP contribution in [0, 0.1) is 5.92 Å². The largest absolute Gasteiger partial charge is 0.357 e. The van der Waals surface area contributed by atoms with Crippen molar-refractivity contribution in [3.8, 4) is 11.4 Å². The molecule has 42 heavy (non-hydrogen) atoms. The van der Waals surface area contributed by atoms with Crippen molar-refractivity contribution < 1.29 is 9.59 Å². The minimum absolute atomic E-state index is 0.0623. The van der Waals surface area contributed by atoms with Crippen molar-refractivity contribution in [2.75, 3.05) is 38.5 Å². The second kappa shape index (κ2) is 11.5. The van der Waals surface area contributed by atoms with E-state index in [1.807, 2.05) is 23.5 Å². The molecule has 3 aromatic rings. The first kappa shape index (κ1) is 28.9. The molecule has 1 amide bonds. The Morgan fingerprint density at radius 2 is 1.81 bits per heavy atom. The number of amides is 1. The van der Waals surface area contributed by atoms with Crippen LogP contribution in [0.25, 0.3) is 11.4 Å². The van der Waals surface area contributed by atoms with E-state index in [9.17, 15) is 9.59 Å². The van der Waals surface area contributed by atoms with Gasteiger partial charge in [0, 0.05) is 50.4 Å². The van der Waals surface area contributed by atoms with Gasteiger partial charge in [-0.2, -0.15) is 5.10 Å². The van der Waals surface area contributed by atoms with Crippen LogP contribution in [0.1, 0.15) is 78.8 Å². The molecular weight excluding hydrogens is 548 g/mol. The molecule has 0 aromatic carbocycles. The second-order valence-corrected chi connectivity index (χ2v) is 13.9. The Balaban J connectivity index is 1.10. The SMILES string of the molecule is CNc1ncc2c(n1)-c1c(c(C(=O)Cc3nc(CC(=O)N4CCC(N5CCC(C)CC5)CC4)cs3)nn1C)C(C)(C)C2. The van der Waals surface area contributed by atoms with E-state index in [0.29, 0.717) is 22.7 Å². The maximum atomic E-state index is 13.6. The van der Waals surface area contributed by atoms with Gasteiger partial charge < -0.3 is 15.1 Å². The quantitative estimate of drug-likeness (QED) is 0.413. The van der Waals surface area contributed by atoms with E-state index in [0.717, 1.165) is 66.5 Å². The van der Waals surface area contributed by atoms with Gasteiger partial charge in [0.1, 0.15) is 10.7 Å². The van der Waals surface area contributed by atoms with E-state index in [2.05, 4.69) is 36.0 Å². The summed E-state index contributed by atoms with van der Waals surface area (Å²) in [4.78, 5) is 45.2. The third-order valence-corrected chi connectivity index (χ3v) is 10.2. The van der Waals surface area contributed by atoms with Crippen LogP contribution >= 0.6 is 11.3 Å². The number of nitrogens with one attached hydrogen (secondary N) is 1. The summed E-state index contributed by atoms with van der Waals surface area (Å²) in [6, 6.07) is 0.604. The predicted molar refractivity (Wildman–Crippen MR) is 164 cm³/mol. The molecule has 11 heteroatoms. The molecule has 2 fully saturated rings. The van der Waals surface area contributed by atoms with Gasteiger partial charge in [-0.15, -0.1) is 11.3 Å². The molecule has 3 aliphatic rings. The first-order valence-corrected chi connectivity index (χ1v) is 16.1. The summed E-state index contributed by atoms with van der Waals surface area (Å²) < 4.78 is 1.77. The number of thiazole rings is 1. The highest BCUT2D eigenvalue weighted by Crippen LogP contribution is 2.44. The normalized spacial score (nSPS) is 19.4. The van der Waals surface area contributed by atoms with Gasteiger partial charge in [-0.1, -0.05) is 20.8 Å². The van der Waals surface area contributed by atoms with Crippen molar-refractivity contribution in [1.82, 2.24) is 34.5 Å². The molecule has 0 unspecified atom stereocenters. The molecule has 0 radical (unpaired) electrons. The number of piperidine rings is 2. The number of hydrogen-bond donors (Lipinski definition) is 1. The maximum Gasteiger partial charge on any atom is 0.228 e. The zero-order valence-electron chi connectivity index (χ0n) is 25.4. The first-order valence-electron chi connectivity index (χ1n) is 15.2. The van der Waals surface area contributed by atoms with Crippen LogP contribution in [-0.2, 0) is 36.5 Å². The van der Waals surface area contributed by atoms with Crippen LogP contribution < -0.4 is 5.32 Å². The number of fused-ring (bicyclic) bond motifs is 3. The molecule has 2 aliphatic heterocycles. The molecule has 10 nitrogen and oxygen atoms in total. The topological polar surface area (TPSA) is 109 Å². The highest BCUT2D eigenvalue weighted by atomic mass is 32.1. The van der Waals surface area contributed by atoms with Gasteiger partial charge in [-0.25, -0.2) is 15.0 Å². The van der Waals surface area contributed by atoms with Gasteiger partial charge in [0.25, 0.3) is 0 Å². The summed E-state index contributed by atoms with van der Waals surface area (Å²) >= 11 is 1.45. The number of aromatic nitrogens is 5. The molecular formula is C31H42N8O2S. The Morgan fingerprint density at radius 1 is 1.07 bits per heavy atom. The van der Waals surface area contributed by atoms with Crippen LogP contribution in [0.15, 0.2) is 11.6 Å². The number of rotatable bonds is 7. The van der Waals surface area contributed by atoms with E-state index < -0.39 is 0 Å². The van der Waals surface area contributed by atoms with E-state index in [1.54, 1.807) is 11.7 Å². The lowest BCUT2D eigenvalue weighted by Gasteiger charge is -2.41.